The maximum atomic E-state index is 13.6. The van der Waals surface area contributed by atoms with Crippen LogP contribution in [0, 0.1) is 5.82 Å². The summed E-state index contributed by atoms with van der Waals surface area (Å²) in [5.74, 6) is 0.372. The lowest BCUT2D eigenvalue weighted by molar-refractivity contribution is 0.170. The summed E-state index contributed by atoms with van der Waals surface area (Å²) in [6.07, 6.45) is 0.358. The Kier molecular flexibility index (Phi) is 5.13. The first-order valence-corrected chi connectivity index (χ1v) is 6.85. The van der Waals surface area contributed by atoms with E-state index in [2.05, 4.69) is 0 Å². The third-order valence-electron chi connectivity index (χ3n) is 3.11. The van der Waals surface area contributed by atoms with Gasteiger partial charge in [0.1, 0.15) is 11.6 Å². The number of benzene rings is 2. The van der Waals surface area contributed by atoms with Crippen LogP contribution in [0.1, 0.15) is 30.6 Å². The van der Waals surface area contributed by atoms with Crippen molar-refractivity contribution >= 4 is 0 Å². The van der Waals surface area contributed by atoms with Gasteiger partial charge >= 0.3 is 0 Å². The van der Waals surface area contributed by atoms with E-state index in [-0.39, 0.29) is 12.2 Å². The SMILES string of the molecule is CCCOc1ccccc1C(O)Cc1ccccc1F. The summed E-state index contributed by atoms with van der Waals surface area (Å²) in [7, 11) is 0. The molecular weight excluding hydrogens is 255 g/mol. The van der Waals surface area contributed by atoms with Gasteiger partial charge in [0.25, 0.3) is 0 Å². The number of para-hydroxylation sites is 1. The standard InChI is InChI=1S/C17H19FO2/c1-2-11-20-17-10-6-4-8-14(17)16(19)12-13-7-3-5-9-15(13)18/h3-10,16,19H,2,11-12H2,1H3. The van der Waals surface area contributed by atoms with Crippen molar-refractivity contribution in [2.75, 3.05) is 6.61 Å². The van der Waals surface area contributed by atoms with Crippen molar-refractivity contribution in [1.82, 2.24) is 0 Å². The smallest absolute Gasteiger partial charge is 0.126 e. The highest BCUT2D eigenvalue weighted by Gasteiger charge is 2.15. The van der Waals surface area contributed by atoms with E-state index in [1.807, 2.05) is 31.2 Å². The minimum Gasteiger partial charge on any atom is -0.493 e. The van der Waals surface area contributed by atoms with Crippen LogP contribution in [0.4, 0.5) is 4.39 Å². The predicted octanol–water partition coefficient (Wildman–Crippen LogP) is 3.89. The first-order valence-electron chi connectivity index (χ1n) is 6.85. The lowest BCUT2D eigenvalue weighted by Gasteiger charge is -2.16. The molecule has 0 aliphatic rings. The van der Waals surface area contributed by atoms with Gasteiger partial charge in [0.05, 0.1) is 12.7 Å². The summed E-state index contributed by atoms with van der Waals surface area (Å²) in [6, 6.07) is 13.9. The van der Waals surface area contributed by atoms with E-state index < -0.39 is 6.10 Å². The van der Waals surface area contributed by atoms with Gasteiger partial charge in [0, 0.05) is 12.0 Å². The Morgan fingerprint density at radius 3 is 2.55 bits per heavy atom. The topological polar surface area (TPSA) is 29.5 Å². The molecule has 0 saturated carbocycles. The fourth-order valence-corrected chi connectivity index (χ4v) is 2.08. The van der Waals surface area contributed by atoms with Crippen molar-refractivity contribution in [2.24, 2.45) is 0 Å². The molecule has 1 N–H and O–H groups in total. The average Bonchev–Trinajstić information content (AvgIpc) is 2.47. The number of halogens is 1. The second kappa shape index (κ2) is 7.06. The molecule has 0 aliphatic carbocycles. The van der Waals surface area contributed by atoms with Crippen LogP contribution in [0.2, 0.25) is 0 Å². The van der Waals surface area contributed by atoms with Crippen LogP contribution in [0.15, 0.2) is 48.5 Å². The molecule has 2 nitrogen and oxygen atoms in total. The highest BCUT2D eigenvalue weighted by Crippen LogP contribution is 2.28. The molecule has 0 radical (unpaired) electrons. The van der Waals surface area contributed by atoms with E-state index in [0.29, 0.717) is 23.5 Å². The van der Waals surface area contributed by atoms with Gasteiger partial charge < -0.3 is 9.84 Å². The van der Waals surface area contributed by atoms with Gasteiger partial charge in [-0.2, -0.15) is 0 Å². The van der Waals surface area contributed by atoms with Gasteiger partial charge in [0.15, 0.2) is 0 Å². The van der Waals surface area contributed by atoms with E-state index in [1.54, 1.807) is 18.2 Å². The molecule has 20 heavy (non-hydrogen) atoms. The Morgan fingerprint density at radius 2 is 1.80 bits per heavy atom. The van der Waals surface area contributed by atoms with Crippen molar-refractivity contribution < 1.29 is 14.2 Å². The summed E-state index contributed by atoms with van der Waals surface area (Å²) in [6.45, 7) is 2.63. The fourth-order valence-electron chi connectivity index (χ4n) is 2.08. The number of aliphatic hydroxyl groups is 1. The Labute approximate surface area is 118 Å². The zero-order valence-corrected chi connectivity index (χ0v) is 11.6. The second-order valence-electron chi connectivity index (χ2n) is 4.70. The molecule has 1 atom stereocenters. The minimum absolute atomic E-state index is 0.235. The van der Waals surface area contributed by atoms with Gasteiger partial charge in [-0.25, -0.2) is 4.39 Å². The van der Waals surface area contributed by atoms with Crippen LogP contribution in [0.5, 0.6) is 5.75 Å². The highest BCUT2D eigenvalue weighted by atomic mass is 19.1. The Bertz CT molecular complexity index is 554. The van der Waals surface area contributed by atoms with E-state index in [0.717, 1.165) is 6.42 Å². The maximum Gasteiger partial charge on any atom is 0.126 e. The van der Waals surface area contributed by atoms with E-state index in [4.69, 9.17) is 4.74 Å². The highest BCUT2D eigenvalue weighted by molar-refractivity contribution is 5.36. The Balaban J connectivity index is 2.16. The molecule has 0 aliphatic heterocycles. The van der Waals surface area contributed by atoms with Crippen LogP contribution in [-0.4, -0.2) is 11.7 Å². The maximum absolute atomic E-state index is 13.6. The molecule has 0 bridgehead atoms. The number of rotatable bonds is 6. The van der Waals surface area contributed by atoms with Crippen molar-refractivity contribution in [3.63, 3.8) is 0 Å². The molecule has 0 aromatic heterocycles. The molecule has 3 heteroatoms. The molecule has 0 amide bonds. The molecule has 1 unspecified atom stereocenters. The summed E-state index contributed by atoms with van der Waals surface area (Å²) in [4.78, 5) is 0. The Hall–Kier alpha value is -1.87. The number of aliphatic hydroxyl groups excluding tert-OH is 1. The molecule has 0 fully saturated rings. The lowest BCUT2D eigenvalue weighted by atomic mass is 10.0. The van der Waals surface area contributed by atoms with Crippen molar-refractivity contribution in [3.8, 4) is 5.75 Å². The van der Waals surface area contributed by atoms with Crippen LogP contribution >= 0.6 is 0 Å². The molecule has 106 valence electrons. The normalized spacial score (nSPS) is 12.2. The van der Waals surface area contributed by atoms with Crippen LogP contribution in [0.25, 0.3) is 0 Å². The first-order chi connectivity index (χ1) is 9.72. The van der Waals surface area contributed by atoms with E-state index in [1.165, 1.54) is 6.07 Å². The quantitative estimate of drug-likeness (QED) is 0.866. The third kappa shape index (κ3) is 3.58. The lowest BCUT2D eigenvalue weighted by Crippen LogP contribution is -2.07. The van der Waals surface area contributed by atoms with Crippen LogP contribution in [-0.2, 0) is 6.42 Å². The zero-order valence-electron chi connectivity index (χ0n) is 11.6. The minimum atomic E-state index is -0.778. The molecule has 0 saturated heterocycles. The van der Waals surface area contributed by atoms with E-state index in [9.17, 15) is 9.50 Å². The van der Waals surface area contributed by atoms with Crippen molar-refractivity contribution in [1.29, 1.82) is 0 Å². The molecule has 0 spiro atoms. The summed E-state index contributed by atoms with van der Waals surface area (Å²) >= 11 is 0. The largest absolute Gasteiger partial charge is 0.493 e. The van der Waals surface area contributed by atoms with Gasteiger partial charge in [-0.05, 0) is 24.1 Å². The first kappa shape index (κ1) is 14.5. The van der Waals surface area contributed by atoms with Crippen LogP contribution < -0.4 is 4.74 Å². The van der Waals surface area contributed by atoms with Crippen molar-refractivity contribution in [3.05, 3.63) is 65.5 Å². The van der Waals surface area contributed by atoms with Gasteiger partial charge in [-0.1, -0.05) is 43.3 Å². The molecule has 0 heterocycles. The number of hydrogen-bond acceptors (Lipinski definition) is 2. The fraction of sp³-hybridized carbons (Fsp3) is 0.294. The molecular formula is C17H19FO2. The summed E-state index contributed by atoms with van der Waals surface area (Å²) in [5.41, 5.74) is 1.20. The summed E-state index contributed by atoms with van der Waals surface area (Å²) < 4.78 is 19.2. The molecule has 2 aromatic carbocycles. The van der Waals surface area contributed by atoms with E-state index >= 15 is 0 Å². The van der Waals surface area contributed by atoms with Gasteiger partial charge in [-0.3, -0.25) is 0 Å². The van der Waals surface area contributed by atoms with Gasteiger partial charge in [0.2, 0.25) is 0 Å². The summed E-state index contributed by atoms with van der Waals surface area (Å²) in [5, 5.41) is 10.3. The average molecular weight is 274 g/mol. The van der Waals surface area contributed by atoms with Crippen molar-refractivity contribution in [2.45, 2.75) is 25.9 Å². The second-order valence-corrected chi connectivity index (χ2v) is 4.70. The third-order valence-corrected chi connectivity index (χ3v) is 3.11. The molecule has 2 rings (SSSR count). The predicted molar refractivity (Wildman–Crippen MR) is 77.3 cm³/mol. The monoisotopic (exact) mass is 274 g/mol. The number of ether oxygens (including phenoxy) is 1. The van der Waals surface area contributed by atoms with Gasteiger partial charge in [-0.15, -0.1) is 0 Å². The van der Waals surface area contributed by atoms with Crippen LogP contribution in [0.3, 0.4) is 0 Å². The Morgan fingerprint density at radius 1 is 1.10 bits per heavy atom. The zero-order chi connectivity index (χ0) is 14.4. The number of hydrogen-bond donors (Lipinski definition) is 1. The molecule has 2 aromatic rings.